The molecule has 0 radical (unpaired) electrons. The van der Waals surface area contributed by atoms with Gasteiger partial charge in [-0.15, -0.1) is 0 Å². The molecule has 0 saturated carbocycles. The van der Waals surface area contributed by atoms with E-state index in [1.807, 2.05) is 78.9 Å². The van der Waals surface area contributed by atoms with E-state index in [0.717, 1.165) is 27.7 Å². The van der Waals surface area contributed by atoms with Crippen molar-refractivity contribution in [3.8, 4) is 22.8 Å². The second kappa shape index (κ2) is 7.44. The highest BCUT2D eigenvalue weighted by Crippen LogP contribution is 2.37. The largest absolute Gasteiger partial charge is 0.480 e. The molecular weight excluding hydrogens is 378 g/mol. The minimum Gasteiger partial charge on any atom is -0.480 e. The first-order valence-corrected chi connectivity index (χ1v) is 9.82. The molecule has 0 fully saturated rings. The number of benzene rings is 3. The predicted molar refractivity (Wildman–Crippen MR) is 114 cm³/mol. The molecule has 5 heteroatoms. The maximum absolute atomic E-state index is 10.9. The van der Waals surface area contributed by atoms with Crippen LogP contribution in [0.1, 0.15) is 5.56 Å². The zero-order valence-electron chi connectivity index (χ0n) is 16.5. The van der Waals surface area contributed by atoms with Gasteiger partial charge in [0, 0.05) is 24.5 Å². The van der Waals surface area contributed by atoms with Crippen molar-refractivity contribution in [2.75, 3.05) is 7.11 Å². The van der Waals surface area contributed by atoms with Gasteiger partial charge in [-0.25, -0.2) is 4.98 Å². The van der Waals surface area contributed by atoms with Crippen molar-refractivity contribution in [1.29, 1.82) is 0 Å². The Morgan fingerprint density at radius 1 is 0.967 bits per heavy atom. The van der Waals surface area contributed by atoms with Gasteiger partial charge in [0.15, 0.2) is 6.10 Å². The van der Waals surface area contributed by atoms with Gasteiger partial charge in [0.25, 0.3) is 0 Å². The van der Waals surface area contributed by atoms with Crippen LogP contribution < -0.4 is 9.47 Å². The molecule has 5 nitrogen and oxygen atoms in total. The third-order valence-corrected chi connectivity index (χ3v) is 5.34. The van der Waals surface area contributed by atoms with Gasteiger partial charge in [-0.3, -0.25) is 0 Å². The quantitative estimate of drug-likeness (QED) is 0.509. The Kier molecular flexibility index (Phi) is 4.62. The Labute approximate surface area is 174 Å². The SMILES string of the molecule is COC1(O)Oc2ccc(-c3ccc4ccccc4n3)cc2C[C@@H]1Oc1ccccc1. The van der Waals surface area contributed by atoms with Gasteiger partial charge >= 0.3 is 5.97 Å². The molecule has 2 heterocycles. The molecule has 1 aliphatic rings. The Bertz CT molecular complexity index is 1190. The van der Waals surface area contributed by atoms with E-state index < -0.39 is 12.1 Å². The van der Waals surface area contributed by atoms with Gasteiger partial charge in [-0.05, 0) is 48.0 Å². The topological polar surface area (TPSA) is 60.8 Å². The van der Waals surface area contributed by atoms with E-state index >= 15 is 0 Å². The highest BCUT2D eigenvalue weighted by molar-refractivity contribution is 5.81. The molecule has 0 bridgehead atoms. The second-order valence-electron chi connectivity index (χ2n) is 7.27. The summed E-state index contributed by atoms with van der Waals surface area (Å²) in [5.41, 5.74) is 3.72. The Hall–Kier alpha value is -3.41. The molecule has 1 unspecified atom stereocenters. The second-order valence-corrected chi connectivity index (χ2v) is 7.27. The van der Waals surface area contributed by atoms with Crippen molar-refractivity contribution in [1.82, 2.24) is 4.98 Å². The fourth-order valence-electron chi connectivity index (χ4n) is 3.73. The van der Waals surface area contributed by atoms with Gasteiger partial charge in [0.2, 0.25) is 0 Å². The Balaban J connectivity index is 1.49. The summed E-state index contributed by atoms with van der Waals surface area (Å²) in [6, 6.07) is 27.2. The lowest BCUT2D eigenvalue weighted by molar-refractivity contribution is -0.349. The molecule has 0 amide bonds. The minimum absolute atomic E-state index is 0.427. The fraction of sp³-hybridized carbons (Fsp3) is 0.160. The van der Waals surface area contributed by atoms with Crippen LogP contribution in [0.5, 0.6) is 11.5 Å². The van der Waals surface area contributed by atoms with Crippen LogP contribution in [0.3, 0.4) is 0 Å². The fourth-order valence-corrected chi connectivity index (χ4v) is 3.73. The van der Waals surface area contributed by atoms with Crippen LogP contribution in [-0.4, -0.2) is 29.3 Å². The van der Waals surface area contributed by atoms with Gasteiger partial charge in [0.05, 0.1) is 11.2 Å². The number of pyridine rings is 1. The monoisotopic (exact) mass is 399 g/mol. The van der Waals surface area contributed by atoms with Crippen LogP contribution in [0.2, 0.25) is 0 Å². The number of hydrogen-bond donors (Lipinski definition) is 1. The van der Waals surface area contributed by atoms with Crippen molar-refractivity contribution in [3.05, 3.63) is 90.5 Å². The van der Waals surface area contributed by atoms with E-state index in [2.05, 4.69) is 6.07 Å². The normalized spacial score (nSPS) is 20.4. The minimum atomic E-state index is -1.87. The van der Waals surface area contributed by atoms with Gasteiger partial charge in [-0.1, -0.05) is 42.5 Å². The van der Waals surface area contributed by atoms with E-state index in [4.69, 9.17) is 19.2 Å². The lowest BCUT2D eigenvalue weighted by Gasteiger charge is -2.38. The van der Waals surface area contributed by atoms with E-state index in [9.17, 15) is 5.11 Å². The molecule has 0 saturated heterocycles. The maximum Gasteiger partial charge on any atom is 0.363 e. The summed E-state index contributed by atoms with van der Waals surface area (Å²) in [6.45, 7) is 0. The molecule has 4 aromatic rings. The first-order chi connectivity index (χ1) is 14.6. The summed E-state index contributed by atoms with van der Waals surface area (Å²) in [6.07, 6.45) is -0.298. The third kappa shape index (κ3) is 3.38. The summed E-state index contributed by atoms with van der Waals surface area (Å²) in [7, 11) is 1.40. The standard InChI is InChI=1S/C25H21NO4/c1-28-25(27)24(29-20-8-3-2-4-9-20)16-19-15-18(12-14-23(19)30-25)22-13-11-17-7-5-6-10-21(17)26-22/h2-15,24,27H,16H2,1H3/t24-,25?/m0/s1. The molecule has 2 atom stereocenters. The molecule has 1 aliphatic heterocycles. The van der Waals surface area contributed by atoms with Crippen LogP contribution in [-0.2, 0) is 11.2 Å². The molecular formula is C25H21NO4. The van der Waals surface area contributed by atoms with Crippen LogP contribution in [0.25, 0.3) is 22.2 Å². The summed E-state index contributed by atoms with van der Waals surface area (Å²) >= 11 is 0. The van der Waals surface area contributed by atoms with Gasteiger partial charge in [0.1, 0.15) is 11.5 Å². The van der Waals surface area contributed by atoms with E-state index in [-0.39, 0.29) is 0 Å². The molecule has 0 aliphatic carbocycles. The molecule has 1 N–H and O–H groups in total. The number of nitrogens with zero attached hydrogens (tertiary/aromatic N) is 1. The third-order valence-electron chi connectivity index (χ3n) is 5.34. The van der Waals surface area contributed by atoms with E-state index in [1.54, 1.807) is 0 Å². The molecule has 5 rings (SSSR count). The van der Waals surface area contributed by atoms with Crippen molar-refractivity contribution in [3.63, 3.8) is 0 Å². The maximum atomic E-state index is 10.9. The Morgan fingerprint density at radius 3 is 2.60 bits per heavy atom. The van der Waals surface area contributed by atoms with Gasteiger partial charge in [-0.2, -0.15) is 0 Å². The van der Waals surface area contributed by atoms with Crippen LogP contribution in [0.15, 0.2) is 84.9 Å². The molecule has 30 heavy (non-hydrogen) atoms. The smallest absolute Gasteiger partial charge is 0.363 e. The van der Waals surface area contributed by atoms with Crippen molar-refractivity contribution in [2.45, 2.75) is 18.5 Å². The zero-order valence-corrected chi connectivity index (χ0v) is 16.5. The molecule has 0 spiro atoms. The number of fused-ring (bicyclic) bond motifs is 2. The lowest BCUT2D eigenvalue weighted by Crippen LogP contribution is -2.55. The number of aromatic nitrogens is 1. The highest BCUT2D eigenvalue weighted by Gasteiger charge is 2.46. The van der Waals surface area contributed by atoms with Crippen LogP contribution >= 0.6 is 0 Å². The zero-order chi connectivity index (χ0) is 20.6. The van der Waals surface area contributed by atoms with Crippen molar-refractivity contribution < 1.29 is 19.3 Å². The average molecular weight is 399 g/mol. The van der Waals surface area contributed by atoms with E-state index in [0.29, 0.717) is 17.9 Å². The predicted octanol–water partition coefficient (Wildman–Crippen LogP) is 4.58. The van der Waals surface area contributed by atoms with Crippen molar-refractivity contribution >= 4 is 10.9 Å². The average Bonchev–Trinajstić information content (AvgIpc) is 2.80. The van der Waals surface area contributed by atoms with Crippen molar-refractivity contribution in [2.24, 2.45) is 0 Å². The van der Waals surface area contributed by atoms with Crippen LogP contribution in [0, 0.1) is 0 Å². The Morgan fingerprint density at radius 2 is 1.77 bits per heavy atom. The number of methoxy groups -OCH3 is 1. The summed E-state index contributed by atoms with van der Waals surface area (Å²) in [4.78, 5) is 4.78. The first kappa shape index (κ1) is 18.6. The van der Waals surface area contributed by atoms with Crippen LogP contribution in [0.4, 0.5) is 0 Å². The number of para-hydroxylation sites is 2. The summed E-state index contributed by atoms with van der Waals surface area (Å²) in [5.74, 6) is -0.667. The molecule has 150 valence electrons. The summed E-state index contributed by atoms with van der Waals surface area (Å²) in [5, 5.41) is 12.0. The number of rotatable bonds is 4. The van der Waals surface area contributed by atoms with E-state index in [1.165, 1.54) is 7.11 Å². The molecule has 3 aromatic carbocycles. The number of aliphatic hydroxyl groups is 1. The molecule has 1 aromatic heterocycles. The summed E-state index contributed by atoms with van der Waals surface area (Å²) < 4.78 is 17.1. The van der Waals surface area contributed by atoms with Gasteiger partial charge < -0.3 is 19.3 Å². The highest BCUT2D eigenvalue weighted by atomic mass is 16.8. The number of hydrogen-bond acceptors (Lipinski definition) is 5. The number of ether oxygens (including phenoxy) is 3. The lowest BCUT2D eigenvalue weighted by atomic mass is 9.98. The first-order valence-electron chi connectivity index (χ1n) is 9.82.